The first kappa shape index (κ1) is 10.1. The number of hydrogen-bond donors (Lipinski definition) is 1. The monoisotopic (exact) mass is 179 g/mol. The lowest BCUT2D eigenvalue weighted by Crippen LogP contribution is -2.07. The predicted octanol–water partition coefficient (Wildman–Crippen LogP) is 1.23. The van der Waals surface area contributed by atoms with Crippen LogP contribution in [-0.4, -0.2) is 28.1 Å². The molecule has 0 heterocycles. The Labute approximate surface area is 70.2 Å². The van der Waals surface area contributed by atoms with E-state index in [1.165, 1.54) is 11.8 Å². The van der Waals surface area contributed by atoms with Crippen LogP contribution < -0.4 is 0 Å². The summed E-state index contributed by atoms with van der Waals surface area (Å²) in [6.07, 6.45) is 0. The molecule has 0 saturated heterocycles. The number of nitriles is 1. The van der Waals surface area contributed by atoms with Crippen LogP contribution in [0.3, 0.4) is 0 Å². The number of aliphatic hydroxyl groups is 1. The summed E-state index contributed by atoms with van der Waals surface area (Å²) < 4.78 is 0. The van der Waals surface area contributed by atoms with Gasteiger partial charge in [-0.1, -0.05) is 6.92 Å². The molecular weight excluding hydrogens is 170 g/mol. The van der Waals surface area contributed by atoms with Gasteiger partial charge in [-0.2, -0.15) is 17.0 Å². The van der Waals surface area contributed by atoms with E-state index >= 15 is 0 Å². The minimum Gasteiger partial charge on any atom is -0.395 e. The van der Waals surface area contributed by atoms with E-state index < -0.39 is 5.38 Å². The predicted molar refractivity (Wildman–Crippen MR) is 44.3 cm³/mol. The second-order valence-electron chi connectivity index (χ2n) is 1.92. The van der Waals surface area contributed by atoms with Crippen molar-refractivity contribution >= 4 is 23.4 Å². The molecule has 1 N–H and O–H groups in total. The third kappa shape index (κ3) is 4.92. The molecule has 2 unspecified atom stereocenters. The van der Waals surface area contributed by atoms with Gasteiger partial charge in [0.05, 0.1) is 12.7 Å². The summed E-state index contributed by atoms with van der Waals surface area (Å²) >= 11 is 7.01. The molecule has 0 spiro atoms. The second kappa shape index (κ2) is 5.84. The lowest BCUT2D eigenvalue weighted by molar-refractivity contribution is 0.300. The molecule has 10 heavy (non-hydrogen) atoms. The molecule has 58 valence electrons. The number of hydrogen-bond acceptors (Lipinski definition) is 3. The lowest BCUT2D eigenvalue weighted by Gasteiger charge is -2.06. The molecule has 0 amide bonds. The van der Waals surface area contributed by atoms with E-state index in [-0.39, 0.29) is 11.9 Å². The zero-order chi connectivity index (χ0) is 7.98. The van der Waals surface area contributed by atoms with Crippen molar-refractivity contribution in [3.63, 3.8) is 0 Å². The molecule has 4 heteroatoms. The number of thioether (sulfide) groups is 1. The molecule has 2 atom stereocenters. The summed E-state index contributed by atoms with van der Waals surface area (Å²) in [6, 6.07) is 1.91. The fourth-order valence-corrected chi connectivity index (χ4v) is 1.23. The van der Waals surface area contributed by atoms with Crippen LogP contribution in [-0.2, 0) is 0 Å². The van der Waals surface area contributed by atoms with Gasteiger partial charge in [0, 0.05) is 11.0 Å². The highest BCUT2D eigenvalue weighted by Crippen LogP contribution is 2.13. The van der Waals surface area contributed by atoms with Gasteiger partial charge in [0.15, 0.2) is 0 Å². The highest BCUT2D eigenvalue weighted by atomic mass is 35.5. The Morgan fingerprint density at radius 3 is 2.80 bits per heavy atom. The molecule has 0 aromatic carbocycles. The quantitative estimate of drug-likeness (QED) is 0.661. The first-order valence-corrected chi connectivity index (χ1v) is 4.45. The second-order valence-corrected chi connectivity index (χ2v) is 3.92. The maximum atomic E-state index is 8.57. The molecule has 0 aliphatic carbocycles. The van der Waals surface area contributed by atoms with Gasteiger partial charge in [-0.05, 0) is 0 Å². The van der Waals surface area contributed by atoms with Crippen molar-refractivity contribution in [2.75, 3.05) is 12.4 Å². The van der Waals surface area contributed by atoms with Gasteiger partial charge in [0.25, 0.3) is 0 Å². The van der Waals surface area contributed by atoms with E-state index in [0.29, 0.717) is 5.75 Å². The molecule has 0 fully saturated rings. The standard InChI is InChI=1S/C6H10ClNOS/c1-5(3-9)10-4-6(7)2-8/h5-6,9H,3-4H2,1H3. The molecule has 0 radical (unpaired) electrons. The number of aliphatic hydroxyl groups excluding tert-OH is 1. The summed E-state index contributed by atoms with van der Waals surface area (Å²) in [6.45, 7) is 2.03. The average molecular weight is 180 g/mol. The minimum absolute atomic E-state index is 0.139. The van der Waals surface area contributed by atoms with Crippen LogP contribution in [0.5, 0.6) is 0 Å². The fraction of sp³-hybridized carbons (Fsp3) is 0.833. The third-order valence-electron chi connectivity index (χ3n) is 0.924. The average Bonchev–Trinajstić information content (AvgIpc) is 1.99. The smallest absolute Gasteiger partial charge is 0.129 e. The topological polar surface area (TPSA) is 44.0 Å². The Hall–Kier alpha value is 0.0900. The van der Waals surface area contributed by atoms with Crippen molar-refractivity contribution in [1.82, 2.24) is 0 Å². The summed E-state index contributed by atoms with van der Waals surface area (Å²) in [5, 5.41) is 16.6. The van der Waals surface area contributed by atoms with Gasteiger partial charge >= 0.3 is 0 Å². The van der Waals surface area contributed by atoms with E-state index in [1.807, 2.05) is 13.0 Å². The van der Waals surface area contributed by atoms with E-state index in [1.54, 1.807) is 0 Å². The summed E-state index contributed by atoms with van der Waals surface area (Å²) in [4.78, 5) is 0. The third-order valence-corrected chi connectivity index (χ3v) is 2.60. The molecule has 0 aromatic rings. The van der Waals surface area contributed by atoms with Crippen LogP contribution in [0.25, 0.3) is 0 Å². The van der Waals surface area contributed by atoms with Crippen LogP contribution in [0, 0.1) is 11.3 Å². The summed E-state index contributed by atoms with van der Waals surface area (Å²) in [5.74, 6) is 0.583. The Kier molecular flexibility index (Phi) is 5.90. The van der Waals surface area contributed by atoms with Crippen molar-refractivity contribution in [2.24, 2.45) is 0 Å². The molecule has 0 aliphatic heterocycles. The highest BCUT2D eigenvalue weighted by Gasteiger charge is 2.05. The zero-order valence-corrected chi connectivity index (χ0v) is 7.32. The van der Waals surface area contributed by atoms with Crippen molar-refractivity contribution in [1.29, 1.82) is 5.26 Å². The SMILES string of the molecule is CC(CO)SCC(Cl)C#N. The van der Waals surface area contributed by atoms with Gasteiger partial charge < -0.3 is 5.11 Å². The first-order chi connectivity index (χ1) is 4.70. The van der Waals surface area contributed by atoms with Crippen molar-refractivity contribution in [3.8, 4) is 6.07 Å². The zero-order valence-electron chi connectivity index (χ0n) is 5.75. The van der Waals surface area contributed by atoms with Crippen LogP contribution >= 0.6 is 23.4 Å². The van der Waals surface area contributed by atoms with Crippen LogP contribution in [0.4, 0.5) is 0 Å². The Morgan fingerprint density at radius 2 is 2.40 bits per heavy atom. The molecule has 0 aromatic heterocycles. The number of nitrogens with zero attached hydrogens (tertiary/aromatic N) is 1. The van der Waals surface area contributed by atoms with Gasteiger partial charge in [-0.15, -0.1) is 11.6 Å². The van der Waals surface area contributed by atoms with E-state index in [2.05, 4.69) is 0 Å². The normalized spacial score (nSPS) is 15.8. The number of alkyl halides is 1. The summed E-state index contributed by atoms with van der Waals surface area (Å²) in [5.41, 5.74) is 0. The largest absolute Gasteiger partial charge is 0.395 e. The van der Waals surface area contributed by atoms with Gasteiger partial charge in [-0.25, -0.2) is 0 Å². The number of rotatable bonds is 4. The van der Waals surface area contributed by atoms with Crippen LogP contribution in [0.15, 0.2) is 0 Å². The maximum absolute atomic E-state index is 8.57. The molecule has 0 saturated carbocycles. The maximum Gasteiger partial charge on any atom is 0.129 e. The van der Waals surface area contributed by atoms with E-state index in [0.717, 1.165) is 0 Å². The molecule has 0 bridgehead atoms. The molecular formula is C6H10ClNOS. The fourth-order valence-electron chi connectivity index (χ4n) is 0.339. The van der Waals surface area contributed by atoms with Gasteiger partial charge in [-0.3, -0.25) is 0 Å². The molecule has 0 rings (SSSR count). The van der Waals surface area contributed by atoms with Gasteiger partial charge in [0.1, 0.15) is 5.38 Å². The summed E-state index contributed by atoms with van der Waals surface area (Å²) in [7, 11) is 0. The minimum atomic E-state index is -0.431. The van der Waals surface area contributed by atoms with Crippen LogP contribution in [0.1, 0.15) is 6.92 Å². The Bertz CT molecular complexity index is 125. The molecule has 0 aliphatic rings. The first-order valence-electron chi connectivity index (χ1n) is 2.96. The van der Waals surface area contributed by atoms with Crippen molar-refractivity contribution in [3.05, 3.63) is 0 Å². The Balaban J connectivity index is 3.28. The van der Waals surface area contributed by atoms with Gasteiger partial charge in [0.2, 0.25) is 0 Å². The van der Waals surface area contributed by atoms with E-state index in [9.17, 15) is 0 Å². The van der Waals surface area contributed by atoms with Crippen molar-refractivity contribution in [2.45, 2.75) is 17.6 Å². The van der Waals surface area contributed by atoms with Crippen molar-refractivity contribution < 1.29 is 5.11 Å². The highest BCUT2D eigenvalue weighted by molar-refractivity contribution is 8.00. The Morgan fingerprint density at radius 1 is 1.80 bits per heavy atom. The molecule has 2 nitrogen and oxygen atoms in total. The van der Waals surface area contributed by atoms with E-state index in [4.69, 9.17) is 22.0 Å². The number of halogens is 1. The van der Waals surface area contributed by atoms with Crippen LogP contribution in [0.2, 0.25) is 0 Å². The lowest BCUT2D eigenvalue weighted by atomic mass is 10.5.